The summed E-state index contributed by atoms with van der Waals surface area (Å²) in [5.74, 6) is -0.276. The first kappa shape index (κ1) is 11.8. The Kier molecular flexibility index (Phi) is 2.34. The molecule has 1 atom stereocenters. The van der Waals surface area contributed by atoms with Crippen molar-refractivity contribution < 1.29 is 13.2 Å². The second-order valence-electron chi connectivity index (χ2n) is 4.78. The lowest BCUT2D eigenvalue weighted by Gasteiger charge is -2.12. The minimum absolute atomic E-state index is 0.276. The van der Waals surface area contributed by atoms with E-state index in [1.807, 2.05) is 18.2 Å². The fourth-order valence-electron chi connectivity index (χ4n) is 2.89. The summed E-state index contributed by atoms with van der Waals surface area (Å²) in [6.07, 6.45) is 0. The minimum atomic E-state index is -2.06. The van der Waals surface area contributed by atoms with Gasteiger partial charge in [-0.15, -0.1) is 0 Å². The van der Waals surface area contributed by atoms with Crippen molar-refractivity contribution in [3.8, 4) is 0 Å². The molecule has 20 heavy (non-hydrogen) atoms. The average molecular weight is 284 g/mol. The van der Waals surface area contributed by atoms with Crippen LogP contribution >= 0.6 is 0 Å². The van der Waals surface area contributed by atoms with Crippen LogP contribution in [-0.2, 0) is 11.1 Å². The molecule has 98 valence electrons. The van der Waals surface area contributed by atoms with Gasteiger partial charge in [-0.2, -0.15) is 0 Å². The molecule has 1 unspecified atom stereocenters. The van der Waals surface area contributed by atoms with Gasteiger partial charge in [0.15, 0.2) is 11.1 Å². The van der Waals surface area contributed by atoms with Crippen LogP contribution in [0.4, 0.5) is 4.39 Å². The van der Waals surface area contributed by atoms with Gasteiger partial charge >= 0.3 is 0 Å². The first-order valence-electron chi connectivity index (χ1n) is 6.14. The summed E-state index contributed by atoms with van der Waals surface area (Å²) in [7, 11) is 0. The van der Waals surface area contributed by atoms with Crippen LogP contribution in [0, 0.1) is 5.82 Å². The molecule has 4 aromatic carbocycles. The molecular weight excluding hydrogens is 275 g/mol. The maximum atomic E-state index is 14.0. The predicted molar refractivity (Wildman–Crippen MR) is 79.1 cm³/mol. The third-order valence-corrected chi connectivity index (χ3v) is 4.49. The summed E-state index contributed by atoms with van der Waals surface area (Å²) in [6, 6.07) is 13.9. The van der Waals surface area contributed by atoms with E-state index in [1.165, 1.54) is 6.07 Å². The van der Waals surface area contributed by atoms with Gasteiger partial charge in [0, 0.05) is 16.2 Å². The summed E-state index contributed by atoms with van der Waals surface area (Å²) < 4.78 is 34.8. The Labute approximate surface area is 116 Å². The van der Waals surface area contributed by atoms with Crippen molar-refractivity contribution >= 4 is 43.4 Å². The summed E-state index contributed by atoms with van der Waals surface area (Å²) in [4.78, 5) is 0.358. The molecule has 0 heterocycles. The highest BCUT2D eigenvalue weighted by Gasteiger charge is 2.14. The van der Waals surface area contributed by atoms with Gasteiger partial charge in [0.2, 0.25) is 0 Å². The fraction of sp³-hybridized carbons (Fsp3) is 0. The van der Waals surface area contributed by atoms with Gasteiger partial charge in [0.05, 0.1) is 4.90 Å². The van der Waals surface area contributed by atoms with Crippen LogP contribution in [0.1, 0.15) is 0 Å². The van der Waals surface area contributed by atoms with Crippen molar-refractivity contribution in [2.75, 3.05) is 0 Å². The van der Waals surface area contributed by atoms with Crippen molar-refractivity contribution in [2.24, 2.45) is 0 Å². The molecule has 0 bridgehead atoms. The molecule has 0 aliphatic heterocycles. The van der Waals surface area contributed by atoms with E-state index in [-0.39, 0.29) is 5.82 Å². The Bertz CT molecular complexity index is 994. The summed E-state index contributed by atoms with van der Waals surface area (Å²) in [5.41, 5.74) is 0. The van der Waals surface area contributed by atoms with Crippen LogP contribution in [0.2, 0.25) is 0 Å². The van der Waals surface area contributed by atoms with Gasteiger partial charge in [0.25, 0.3) is 0 Å². The second kappa shape index (κ2) is 3.98. The number of hydrogen-bond acceptors (Lipinski definition) is 1. The maximum absolute atomic E-state index is 14.0. The van der Waals surface area contributed by atoms with Crippen LogP contribution in [-0.4, -0.2) is 8.76 Å². The Balaban J connectivity index is 2.38. The number of halogens is 1. The maximum Gasteiger partial charge on any atom is 0.187 e. The van der Waals surface area contributed by atoms with E-state index < -0.39 is 11.1 Å². The van der Waals surface area contributed by atoms with Crippen molar-refractivity contribution in [1.82, 2.24) is 0 Å². The molecule has 0 aliphatic rings. The highest BCUT2D eigenvalue weighted by molar-refractivity contribution is 7.79. The van der Waals surface area contributed by atoms with E-state index in [1.54, 1.807) is 24.3 Å². The largest absolute Gasteiger partial charge is 0.302 e. The van der Waals surface area contributed by atoms with Crippen LogP contribution in [0.25, 0.3) is 32.3 Å². The molecule has 0 aromatic heterocycles. The van der Waals surface area contributed by atoms with Gasteiger partial charge in [-0.1, -0.05) is 36.4 Å². The van der Waals surface area contributed by atoms with Crippen LogP contribution in [0.15, 0.2) is 53.4 Å². The van der Waals surface area contributed by atoms with E-state index in [4.69, 9.17) is 0 Å². The molecule has 4 rings (SSSR count). The van der Waals surface area contributed by atoms with E-state index in [9.17, 15) is 13.2 Å². The van der Waals surface area contributed by atoms with E-state index in [0.29, 0.717) is 15.7 Å². The molecule has 1 N–H and O–H groups in total. The summed E-state index contributed by atoms with van der Waals surface area (Å²) >= 11 is -2.06. The zero-order chi connectivity index (χ0) is 13.9. The van der Waals surface area contributed by atoms with E-state index in [0.717, 1.165) is 21.5 Å². The SMILES string of the molecule is O=S(O)c1ccc2ccc3c(F)ccc4ccc1c2c43. The molecule has 0 aliphatic carbocycles. The van der Waals surface area contributed by atoms with Crippen molar-refractivity contribution in [2.45, 2.75) is 4.90 Å². The normalized spacial score (nSPS) is 13.5. The number of hydrogen-bond donors (Lipinski definition) is 1. The molecule has 0 saturated carbocycles. The summed E-state index contributed by atoms with van der Waals surface area (Å²) in [5, 5.41) is 4.78. The van der Waals surface area contributed by atoms with E-state index in [2.05, 4.69) is 0 Å². The zero-order valence-electron chi connectivity index (χ0n) is 10.3. The Morgan fingerprint density at radius 2 is 1.35 bits per heavy atom. The quantitative estimate of drug-likeness (QED) is 0.418. The third-order valence-electron chi connectivity index (χ3n) is 3.76. The molecule has 0 amide bonds. The average Bonchev–Trinajstić information content (AvgIpc) is 2.46. The van der Waals surface area contributed by atoms with Crippen LogP contribution in [0.3, 0.4) is 0 Å². The Morgan fingerprint density at radius 3 is 2.05 bits per heavy atom. The van der Waals surface area contributed by atoms with Crippen molar-refractivity contribution in [1.29, 1.82) is 0 Å². The predicted octanol–water partition coefficient (Wildman–Crippen LogP) is 4.30. The van der Waals surface area contributed by atoms with E-state index >= 15 is 0 Å². The van der Waals surface area contributed by atoms with Crippen LogP contribution in [0.5, 0.6) is 0 Å². The van der Waals surface area contributed by atoms with Gasteiger partial charge in [-0.25, -0.2) is 8.60 Å². The van der Waals surface area contributed by atoms with Gasteiger partial charge in [0.1, 0.15) is 5.82 Å². The topological polar surface area (TPSA) is 37.3 Å². The summed E-state index contributed by atoms with van der Waals surface area (Å²) in [6.45, 7) is 0. The van der Waals surface area contributed by atoms with Gasteiger partial charge < -0.3 is 4.55 Å². The molecule has 0 spiro atoms. The fourth-order valence-corrected chi connectivity index (χ4v) is 3.43. The van der Waals surface area contributed by atoms with Crippen LogP contribution < -0.4 is 0 Å². The molecular formula is C16H9FO2S. The third kappa shape index (κ3) is 1.43. The standard InChI is InChI=1S/C16H9FO2S/c17-13-7-3-9-2-6-12-14(20(18)19)8-4-10-1-5-11(13)15(9)16(10)12/h1-8H,(H,18,19). The highest BCUT2D eigenvalue weighted by Crippen LogP contribution is 2.37. The zero-order valence-corrected chi connectivity index (χ0v) is 11.1. The molecule has 0 radical (unpaired) electrons. The van der Waals surface area contributed by atoms with Gasteiger partial charge in [-0.05, 0) is 28.3 Å². The lowest BCUT2D eigenvalue weighted by Crippen LogP contribution is -1.93. The smallest absolute Gasteiger partial charge is 0.187 e. The van der Waals surface area contributed by atoms with Gasteiger partial charge in [-0.3, -0.25) is 0 Å². The highest BCUT2D eigenvalue weighted by atomic mass is 32.2. The second-order valence-corrected chi connectivity index (χ2v) is 5.72. The Morgan fingerprint density at radius 1 is 0.800 bits per heavy atom. The molecule has 4 aromatic rings. The minimum Gasteiger partial charge on any atom is -0.302 e. The molecule has 4 heteroatoms. The first-order chi connectivity index (χ1) is 9.66. The molecule has 2 nitrogen and oxygen atoms in total. The van der Waals surface area contributed by atoms with Crippen molar-refractivity contribution in [3.05, 3.63) is 54.3 Å². The number of benzene rings is 4. The lowest BCUT2D eigenvalue weighted by molar-refractivity contribution is 0.565. The lowest BCUT2D eigenvalue weighted by atomic mass is 9.94. The monoisotopic (exact) mass is 284 g/mol. The van der Waals surface area contributed by atoms with Crippen molar-refractivity contribution in [3.63, 3.8) is 0 Å². The molecule has 0 fully saturated rings. The number of rotatable bonds is 1. The first-order valence-corrected chi connectivity index (χ1v) is 7.24. The molecule has 0 saturated heterocycles. The Hall–Kier alpha value is -2.04.